The Kier molecular flexibility index (Phi) is 6.13. The van der Waals surface area contributed by atoms with Crippen LogP contribution in [0.15, 0.2) is 67.1 Å². The van der Waals surface area contributed by atoms with Gasteiger partial charge in [0.1, 0.15) is 5.56 Å². The molecule has 0 unspecified atom stereocenters. The minimum absolute atomic E-state index is 0.0161. The van der Waals surface area contributed by atoms with Gasteiger partial charge in [0.05, 0.1) is 42.3 Å². The molecule has 4 rings (SSSR count). The molecule has 174 valence electrons. The maximum Gasteiger partial charge on any atom is 0.434 e. The fourth-order valence-corrected chi connectivity index (χ4v) is 3.24. The highest BCUT2D eigenvalue weighted by atomic mass is 19.4. The number of alkyl halides is 3. The van der Waals surface area contributed by atoms with Gasteiger partial charge in [-0.1, -0.05) is 17.3 Å². The first-order chi connectivity index (χ1) is 16.3. The quantitative estimate of drug-likeness (QED) is 0.429. The van der Waals surface area contributed by atoms with Crippen LogP contribution >= 0.6 is 0 Å². The molecule has 0 saturated heterocycles. The molecule has 1 amide bonds. The number of esters is 1. The molecule has 2 heterocycles. The van der Waals surface area contributed by atoms with E-state index in [1.807, 2.05) is 0 Å². The average molecular weight is 470 g/mol. The molecule has 0 aliphatic carbocycles. The molecular formula is C22H17F3N6O3. The van der Waals surface area contributed by atoms with Crippen LogP contribution in [0.3, 0.4) is 0 Å². The SMILES string of the molecule is CCOC(=O)c1cnn(-c2ccc(C(=O)Nc3ccccc3-n3ccnn3)cc2)c1C(F)(F)F. The van der Waals surface area contributed by atoms with E-state index < -0.39 is 29.3 Å². The molecule has 12 heteroatoms. The van der Waals surface area contributed by atoms with Crippen molar-refractivity contribution in [2.45, 2.75) is 13.1 Å². The van der Waals surface area contributed by atoms with E-state index in [1.54, 1.807) is 30.5 Å². The summed E-state index contributed by atoms with van der Waals surface area (Å²) in [6.45, 7) is 1.41. The Labute approximate surface area is 190 Å². The number of nitrogens with zero attached hydrogens (tertiary/aromatic N) is 5. The molecule has 0 fully saturated rings. The second kappa shape index (κ2) is 9.17. The summed E-state index contributed by atoms with van der Waals surface area (Å²) in [6.07, 6.45) is -0.940. The van der Waals surface area contributed by atoms with Gasteiger partial charge in [-0.3, -0.25) is 4.79 Å². The molecule has 0 spiro atoms. The number of amides is 1. The monoisotopic (exact) mass is 470 g/mol. The van der Waals surface area contributed by atoms with Crippen LogP contribution in [0.4, 0.5) is 18.9 Å². The minimum atomic E-state index is -4.86. The molecule has 0 saturated carbocycles. The Balaban J connectivity index is 1.60. The number of aromatic nitrogens is 5. The normalized spacial score (nSPS) is 11.3. The van der Waals surface area contributed by atoms with E-state index in [0.29, 0.717) is 16.1 Å². The van der Waals surface area contributed by atoms with Crippen LogP contribution in [0.2, 0.25) is 0 Å². The number of rotatable bonds is 6. The van der Waals surface area contributed by atoms with E-state index in [-0.39, 0.29) is 17.9 Å². The number of carbonyl (C=O) groups is 2. The second-order valence-electron chi connectivity index (χ2n) is 6.90. The van der Waals surface area contributed by atoms with Gasteiger partial charge in [-0.25, -0.2) is 14.2 Å². The topological polar surface area (TPSA) is 104 Å². The maximum absolute atomic E-state index is 13.7. The van der Waals surface area contributed by atoms with E-state index in [2.05, 4.69) is 20.7 Å². The number of hydrogen-bond donors (Lipinski definition) is 1. The van der Waals surface area contributed by atoms with Crippen molar-refractivity contribution < 1.29 is 27.5 Å². The number of nitrogens with one attached hydrogen (secondary N) is 1. The van der Waals surface area contributed by atoms with Crippen molar-refractivity contribution in [3.63, 3.8) is 0 Å². The van der Waals surface area contributed by atoms with Crippen LogP contribution < -0.4 is 5.32 Å². The Bertz CT molecular complexity index is 1310. The predicted octanol–water partition coefficient (Wildman–Crippen LogP) is 3.90. The summed E-state index contributed by atoms with van der Waals surface area (Å²) in [5.41, 5.74) is -0.688. The van der Waals surface area contributed by atoms with Crippen molar-refractivity contribution in [1.29, 1.82) is 0 Å². The third kappa shape index (κ3) is 4.51. The first-order valence-electron chi connectivity index (χ1n) is 9.99. The number of para-hydroxylation sites is 2. The molecule has 9 nitrogen and oxygen atoms in total. The van der Waals surface area contributed by atoms with Crippen LogP contribution in [0.25, 0.3) is 11.4 Å². The van der Waals surface area contributed by atoms with Gasteiger partial charge >= 0.3 is 12.1 Å². The van der Waals surface area contributed by atoms with Crippen molar-refractivity contribution in [1.82, 2.24) is 24.8 Å². The van der Waals surface area contributed by atoms with Crippen molar-refractivity contribution in [2.24, 2.45) is 0 Å². The lowest BCUT2D eigenvalue weighted by molar-refractivity contribution is -0.143. The van der Waals surface area contributed by atoms with Crippen LogP contribution in [0.5, 0.6) is 0 Å². The van der Waals surface area contributed by atoms with Gasteiger partial charge in [0.15, 0.2) is 5.69 Å². The fraction of sp³-hybridized carbons (Fsp3) is 0.136. The molecule has 0 aliphatic rings. The molecular weight excluding hydrogens is 453 g/mol. The third-order valence-corrected chi connectivity index (χ3v) is 4.73. The van der Waals surface area contributed by atoms with Gasteiger partial charge in [-0.15, -0.1) is 5.10 Å². The van der Waals surface area contributed by atoms with Gasteiger partial charge in [-0.2, -0.15) is 18.3 Å². The summed E-state index contributed by atoms with van der Waals surface area (Å²) < 4.78 is 47.8. The Morgan fingerprint density at radius 3 is 2.47 bits per heavy atom. The Morgan fingerprint density at radius 1 is 1.09 bits per heavy atom. The highest BCUT2D eigenvalue weighted by Gasteiger charge is 2.41. The highest BCUT2D eigenvalue weighted by Crippen LogP contribution is 2.34. The van der Waals surface area contributed by atoms with E-state index in [0.717, 1.165) is 6.20 Å². The van der Waals surface area contributed by atoms with Crippen molar-refractivity contribution >= 4 is 17.6 Å². The Morgan fingerprint density at radius 2 is 1.82 bits per heavy atom. The van der Waals surface area contributed by atoms with Gasteiger partial charge < -0.3 is 10.1 Å². The molecule has 4 aromatic rings. The van der Waals surface area contributed by atoms with E-state index in [1.165, 1.54) is 42.1 Å². The molecule has 34 heavy (non-hydrogen) atoms. The summed E-state index contributed by atoms with van der Waals surface area (Å²) in [5.74, 6) is -1.61. The number of benzene rings is 2. The number of halogens is 3. The minimum Gasteiger partial charge on any atom is -0.462 e. The van der Waals surface area contributed by atoms with Gasteiger partial charge in [0.25, 0.3) is 5.91 Å². The maximum atomic E-state index is 13.7. The zero-order chi connectivity index (χ0) is 24.3. The van der Waals surface area contributed by atoms with Gasteiger partial charge in [0.2, 0.25) is 0 Å². The van der Waals surface area contributed by atoms with Gasteiger partial charge in [0, 0.05) is 5.56 Å². The first-order valence-corrected chi connectivity index (χ1v) is 9.99. The van der Waals surface area contributed by atoms with Crippen LogP contribution in [0.1, 0.15) is 33.3 Å². The summed E-state index contributed by atoms with van der Waals surface area (Å²) in [7, 11) is 0. The highest BCUT2D eigenvalue weighted by molar-refractivity contribution is 6.05. The molecule has 0 aliphatic heterocycles. The van der Waals surface area contributed by atoms with E-state index in [4.69, 9.17) is 4.74 Å². The predicted molar refractivity (Wildman–Crippen MR) is 114 cm³/mol. The summed E-state index contributed by atoms with van der Waals surface area (Å²) in [6, 6.07) is 12.2. The van der Waals surface area contributed by atoms with Crippen LogP contribution in [-0.4, -0.2) is 43.3 Å². The number of ether oxygens (including phenoxy) is 1. The lowest BCUT2D eigenvalue weighted by Gasteiger charge is -2.13. The lowest BCUT2D eigenvalue weighted by atomic mass is 10.1. The third-order valence-electron chi connectivity index (χ3n) is 4.73. The smallest absolute Gasteiger partial charge is 0.434 e. The van der Waals surface area contributed by atoms with Crippen LogP contribution in [0, 0.1) is 0 Å². The fourth-order valence-electron chi connectivity index (χ4n) is 3.24. The molecule has 2 aromatic carbocycles. The van der Waals surface area contributed by atoms with E-state index >= 15 is 0 Å². The zero-order valence-electron chi connectivity index (χ0n) is 17.7. The molecule has 0 radical (unpaired) electrons. The van der Waals surface area contributed by atoms with Crippen molar-refractivity contribution in [2.75, 3.05) is 11.9 Å². The van der Waals surface area contributed by atoms with Gasteiger partial charge in [-0.05, 0) is 43.3 Å². The molecule has 1 N–H and O–H groups in total. The average Bonchev–Trinajstić information content (AvgIpc) is 3.50. The summed E-state index contributed by atoms with van der Waals surface area (Å²) in [5, 5.41) is 14.1. The lowest BCUT2D eigenvalue weighted by Crippen LogP contribution is -2.18. The second-order valence-corrected chi connectivity index (χ2v) is 6.90. The molecule has 0 bridgehead atoms. The largest absolute Gasteiger partial charge is 0.462 e. The number of anilines is 1. The number of carbonyl (C=O) groups excluding carboxylic acids is 2. The Hall–Kier alpha value is -4.48. The molecule has 2 aromatic heterocycles. The summed E-state index contributed by atoms with van der Waals surface area (Å²) in [4.78, 5) is 24.7. The van der Waals surface area contributed by atoms with Crippen LogP contribution in [-0.2, 0) is 10.9 Å². The summed E-state index contributed by atoms with van der Waals surface area (Å²) >= 11 is 0. The first kappa shape index (κ1) is 22.7. The van der Waals surface area contributed by atoms with E-state index in [9.17, 15) is 22.8 Å². The van der Waals surface area contributed by atoms with Crippen molar-refractivity contribution in [3.05, 3.63) is 83.9 Å². The standard InChI is InChI=1S/C22H17F3N6O3/c1-2-34-21(33)16-13-27-31(19(16)22(23,24)25)15-9-7-14(8-10-15)20(32)28-17-5-3-4-6-18(17)30-12-11-26-29-30/h3-13H,2H2,1H3,(H,28,32). The molecule has 0 atom stereocenters. The number of hydrogen-bond acceptors (Lipinski definition) is 6. The zero-order valence-corrected chi connectivity index (χ0v) is 17.7. The van der Waals surface area contributed by atoms with Crippen molar-refractivity contribution in [3.8, 4) is 11.4 Å².